The number of ether oxygens (including phenoxy) is 3. The number of hydrogen-bond acceptors (Lipinski definition) is 5. The Morgan fingerprint density at radius 3 is 2.60 bits per heavy atom. The van der Waals surface area contributed by atoms with Crippen molar-refractivity contribution in [1.29, 1.82) is 0 Å². The van der Waals surface area contributed by atoms with Gasteiger partial charge in [-0.15, -0.1) is 0 Å². The van der Waals surface area contributed by atoms with E-state index in [1.807, 2.05) is 42.5 Å². The summed E-state index contributed by atoms with van der Waals surface area (Å²) < 4.78 is 23.0. The molecular formula is C20H20O5. The van der Waals surface area contributed by atoms with E-state index < -0.39 is 5.79 Å². The van der Waals surface area contributed by atoms with Gasteiger partial charge in [0.05, 0.1) is 26.1 Å². The number of aromatic hydroxyl groups is 1. The molecule has 0 atom stereocenters. The molecule has 1 fully saturated rings. The molecule has 1 aliphatic rings. The summed E-state index contributed by atoms with van der Waals surface area (Å²) in [5.41, 5.74) is 2.49. The Morgan fingerprint density at radius 1 is 1.00 bits per heavy atom. The van der Waals surface area contributed by atoms with E-state index >= 15 is 0 Å². The lowest BCUT2D eigenvalue weighted by Crippen LogP contribution is -2.33. The van der Waals surface area contributed by atoms with Crippen LogP contribution in [0.15, 0.2) is 59.2 Å². The highest BCUT2D eigenvalue weighted by Gasteiger charge is 2.38. The summed E-state index contributed by atoms with van der Waals surface area (Å²) in [5, 5.41) is 10.7. The summed E-state index contributed by atoms with van der Waals surface area (Å²) in [5.74, 6) is -0.668. The van der Waals surface area contributed by atoms with Crippen molar-refractivity contribution in [2.24, 2.45) is 0 Å². The van der Waals surface area contributed by atoms with Gasteiger partial charge in [-0.3, -0.25) is 0 Å². The molecule has 1 aromatic heterocycles. The third kappa shape index (κ3) is 3.14. The SMILES string of the molecule is Oc1cccc2c(CCOCC3(c4ccccc4)OCCO3)coc12. The zero-order valence-corrected chi connectivity index (χ0v) is 13.8. The first-order valence-electron chi connectivity index (χ1n) is 8.38. The highest BCUT2D eigenvalue weighted by atomic mass is 16.8. The molecule has 0 radical (unpaired) electrons. The van der Waals surface area contributed by atoms with Crippen LogP contribution in [-0.2, 0) is 26.4 Å². The fraction of sp³-hybridized carbons (Fsp3) is 0.300. The van der Waals surface area contributed by atoms with Crippen molar-refractivity contribution in [1.82, 2.24) is 0 Å². The minimum absolute atomic E-state index is 0.153. The van der Waals surface area contributed by atoms with Gasteiger partial charge in [-0.05, 0) is 12.5 Å². The average Bonchev–Trinajstić information content (AvgIpc) is 3.28. The Bertz CT molecular complexity index is 834. The Hall–Kier alpha value is -2.34. The summed E-state index contributed by atoms with van der Waals surface area (Å²) in [7, 11) is 0. The van der Waals surface area contributed by atoms with Gasteiger partial charge in [-0.25, -0.2) is 0 Å². The molecule has 0 aliphatic carbocycles. The van der Waals surface area contributed by atoms with Gasteiger partial charge in [0.1, 0.15) is 6.61 Å². The van der Waals surface area contributed by atoms with Crippen molar-refractivity contribution in [3.05, 3.63) is 65.9 Å². The normalized spacial score (nSPS) is 16.5. The molecule has 1 saturated heterocycles. The number of phenolic OH excluding ortho intramolecular Hbond substituents is 1. The van der Waals surface area contributed by atoms with Crippen LogP contribution < -0.4 is 0 Å². The lowest BCUT2D eigenvalue weighted by Gasteiger charge is -2.27. The van der Waals surface area contributed by atoms with Gasteiger partial charge in [0.2, 0.25) is 5.79 Å². The van der Waals surface area contributed by atoms with E-state index in [0.717, 1.165) is 16.5 Å². The molecule has 0 amide bonds. The minimum atomic E-state index is -0.821. The smallest absolute Gasteiger partial charge is 0.219 e. The number of hydrogen-bond donors (Lipinski definition) is 1. The van der Waals surface area contributed by atoms with E-state index in [-0.39, 0.29) is 5.75 Å². The van der Waals surface area contributed by atoms with Crippen LogP contribution in [0.3, 0.4) is 0 Å². The van der Waals surface area contributed by atoms with Crippen LogP contribution in [0.25, 0.3) is 11.0 Å². The lowest BCUT2D eigenvalue weighted by atomic mass is 10.1. The molecular weight excluding hydrogens is 320 g/mol. The Labute approximate surface area is 145 Å². The van der Waals surface area contributed by atoms with E-state index in [9.17, 15) is 5.11 Å². The second-order valence-electron chi connectivity index (χ2n) is 6.03. The first kappa shape index (κ1) is 16.1. The third-order valence-electron chi connectivity index (χ3n) is 4.43. The van der Waals surface area contributed by atoms with Crippen LogP contribution in [0.5, 0.6) is 5.75 Å². The first-order chi connectivity index (χ1) is 12.3. The monoisotopic (exact) mass is 340 g/mol. The fourth-order valence-corrected chi connectivity index (χ4v) is 3.16. The quantitative estimate of drug-likeness (QED) is 0.695. The number of phenols is 1. The van der Waals surface area contributed by atoms with Gasteiger partial charge in [-0.2, -0.15) is 0 Å². The Balaban J connectivity index is 1.40. The van der Waals surface area contributed by atoms with Crippen molar-refractivity contribution >= 4 is 11.0 Å². The van der Waals surface area contributed by atoms with Gasteiger partial charge in [-0.1, -0.05) is 42.5 Å². The maximum absolute atomic E-state index is 9.80. The van der Waals surface area contributed by atoms with Crippen molar-refractivity contribution in [3.8, 4) is 5.75 Å². The maximum Gasteiger partial charge on any atom is 0.219 e. The highest BCUT2D eigenvalue weighted by Crippen LogP contribution is 2.32. The highest BCUT2D eigenvalue weighted by molar-refractivity contribution is 5.85. The lowest BCUT2D eigenvalue weighted by molar-refractivity contribution is -0.202. The summed E-state index contributed by atoms with van der Waals surface area (Å²) in [6, 6.07) is 15.2. The minimum Gasteiger partial charge on any atom is -0.504 e. The summed E-state index contributed by atoms with van der Waals surface area (Å²) in [6.07, 6.45) is 2.35. The first-order valence-corrected chi connectivity index (χ1v) is 8.38. The Kier molecular flexibility index (Phi) is 4.44. The zero-order valence-electron chi connectivity index (χ0n) is 13.8. The molecule has 5 heteroatoms. The molecule has 0 unspecified atom stereocenters. The van der Waals surface area contributed by atoms with E-state index in [2.05, 4.69) is 0 Å². The van der Waals surface area contributed by atoms with Gasteiger partial charge in [0, 0.05) is 16.5 Å². The number of para-hydroxylation sites is 1. The van der Waals surface area contributed by atoms with Crippen LogP contribution in [0, 0.1) is 0 Å². The summed E-state index contributed by atoms with van der Waals surface area (Å²) in [6.45, 7) is 1.96. The molecule has 5 nitrogen and oxygen atoms in total. The molecule has 130 valence electrons. The van der Waals surface area contributed by atoms with E-state index in [1.165, 1.54) is 0 Å². The van der Waals surface area contributed by atoms with Crippen molar-refractivity contribution in [2.75, 3.05) is 26.4 Å². The predicted molar refractivity (Wildman–Crippen MR) is 92.4 cm³/mol. The van der Waals surface area contributed by atoms with Crippen LogP contribution in [0.1, 0.15) is 11.1 Å². The largest absolute Gasteiger partial charge is 0.504 e. The number of furan rings is 1. The Morgan fingerprint density at radius 2 is 1.80 bits per heavy atom. The van der Waals surface area contributed by atoms with Gasteiger partial charge < -0.3 is 23.7 Å². The third-order valence-corrected chi connectivity index (χ3v) is 4.43. The van der Waals surface area contributed by atoms with Crippen LogP contribution in [-0.4, -0.2) is 31.5 Å². The van der Waals surface area contributed by atoms with Crippen LogP contribution >= 0.6 is 0 Å². The number of rotatable bonds is 6. The van der Waals surface area contributed by atoms with Crippen molar-refractivity contribution < 1.29 is 23.7 Å². The summed E-state index contributed by atoms with van der Waals surface area (Å²) >= 11 is 0. The summed E-state index contributed by atoms with van der Waals surface area (Å²) in [4.78, 5) is 0. The van der Waals surface area contributed by atoms with Gasteiger partial charge >= 0.3 is 0 Å². The maximum atomic E-state index is 9.80. The predicted octanol–water partition coefficient (Wildman–Crippen LogP) is 3.60. The molecule has 1 N–H and O–H groups in total. The van der Waals surface area contributed by atoms with Gasteiger partial charge in [0.15, 0.2) is 11.3 Å². The zero-order chi connectivity index (χ0) is 17.1. The van der Waals surface area contributed by atoms with Crippen LogP contribution in [0.2, 0.25) is 0 Å². The molecule has 0 spiro atoms. The van der Waals surface area contributed by atoms with Crippen molar-refractivity contribution in [2.45, 2.75) is 12.2 Å². The topological polar surface area (TPSA) is 61.1 Å². The van der Waals surface area contributed by atoms with Crippen molar-refractivity contribution in [3.63, 3.8) is 0 Å². The average molecular weight is 340 g/mol. The molecule has 0 saturated carbocycles. The molecule has 3 aromatic rings. The second kappa shape index (κ2) is 6.88. The molecule has 0 bridgehead atoms. The molecule has 1 aliphatic heterocycles. The molecule has 25 heavy (non-hydrogen) atoms. The molecule has 4 rings (SSSR count). The standard InChI is InChI=1S/C20H20O5/c21-18-8-4-7-17-15(13-23-19(17)18)9-10-22-14-20(24-11-12-25-20)16-5-2-1-3-6-16/h1-8,13,21H,9-12,14H2. The molecule has 2 aromatic carbocycles. The van der Waals surface area contributed by atoms with E-state index in [0.29, 0.717) is 38.4 Å². The van der Waals surface area contributed by atoms with Gasteiger partial charge in [0.25, 0.3) is 0 Å². The second-order valence-corrected chi connectivity index (χ2v) is 6.03. The number of fused-ring (bicyclic) bond motifs is 1. The van der Waals surface area contributed by atoms with E-state index in [1.54, 1.807) is 12.3 Å². The number of benzene rings is 2. The fourth-order valence-electron chi connectivity index (χ4n) is 3.16. The molecule has 2 heterocycles. The van der Waals surface area contributed by atoms with E-state index in [4.69, 9.17) is 18.6 Å². The van der Waals surface area contributed by atoms with Crippen LogP contribution in [0.4, 0.5) is 0 Å².